The lowest BCUT2D eigenvalue weighted by Gasteiger charge is -2.24. The van der Waals surface area contributed by atoms with Crippen LogP contribution < -0.4 is 5.32 Å². The van der Waals surface area contributed by atoms with E-state index < -0.39 is 5.60 Å². The highest BCUT2D eigenvalue weighted by Crippen LogP contribution is 2.21. The molecule has 2 atom stereocenters. The third-order valence-corrected chi connectivity index (χ3v) is 4.04. The van der Waals surface area contributed by atoms with E-state index in [0.29, 0.717) is 5.92 Å². The van der Waals surface area contributed by atoms with Gasteiger partial charge in [-0.3, -0.25) is 0 Å². The summed E-state index contributed by atoms with van der Waals surface area (Å²) in [6.45, 7) is 10.1. The van der Waals surface area contributed by atoms with Crippen molar-refractivity contribution in [2.45, 2.75) is 45.8 Å². The molecule has 1 aliphatic rings. The van der Waals surface area contributed by atoms with Crippen molar-refractivity contribution in [1.29, 1.82) is 0 Å². The van der Waals surface area contributed by atoms with Crippen LogP contribution in [0.1, 0.15) is 45.7 Å². The molecule has 5 heteroatoms. The van der Waals surface area contributed by atoms with Gasteiger partial charge in [-0.2, -0.15) is 0 Å². The van der Waals surface area contributed by atoms with Crippen molar-refractivity contribution in [2.24, 2.45) is 5.92 Å². The summed E-state index contributed by atoms with van der Waals surface area (Å²) in [6.07, 6.45) is 0.778. The van der Waals surface area contributed by atoms with Crippen LogP contribution in [0.25, 0.3) is 0 Å². The molecule has 23 heavy (non-hydrogen) atoms. The first-order chi connectivity index (χ1) is 10.7. The average Bonchev–Trinajstić information content (AvgIpc) is 2.93. The number of phenols is 1. The quantitative estimate of drug-likeness (QED) is 0.893. The zero-order chi connectivity index (χ0) is 17.0. The number of phenolic OH excluding ortho intramolecular Hbond substituents is 1. The Morgan fingerprint density at radius 2 is 2.04 bits per heavy atom. The van der Waals surface area contributed by atoms with E-state index in [4.69, 9.17) is 4.74 Å². The molecule has 0 saturated carbocycles. The highest BCUT2D eigenvalue weighted by atomic mass is 16.6. The zero-order valence-electron chi connectivity index (χ0n) is 14.5. The third kappa shape index (κ3) is 5.43. The average molecular weight is 320 g/mol. The van der Waals surface area contributed by atoms with E-state index >= 15 is 0 Å². The predicted octanol–water partition coefficient (Wildman–Crippen LogP) is 3.30. The van der Waals surface area contributed by atoms with E-state index in [0.717, 1.165) is 31.6 Å². The van der Waals surface area contributed by atoms with Gasteiger partial charge >= 0.3 is 6.09 Å². The molecule has 2 rings (SSSR count). The lowest BCUT2D eigenvalue weighted by molar-refractivity contribution is 0.0288. The van der Waals surface area contributed by atoms with Gasteiger partial charge in [0.25, 0.3) is 0 Å². The number of aromatic hydroxyl groups is 1. The molecular formula is C18H28N2O3. The molecule has 0 aliphatic carbocycles. The summed E-state index contributed by atoms with van der Waals surface area (Å²) in [5.74, 6) is 0.729. The minimum absolute atomic E-state index is 0.214. The fraction of sp³-hybridized carbons (Fsp3) is 0.611. The molecule has 1 aromatic rings. The molecule has 1 aromatic carbocycles. The molecule has 1 heterocycles. The van der Waals surface area contributed by atoms with Gasteiger partial charge in [-0.1, -0.05) is 12.1 Å². The topological polar surface area (TPSA) is 61.8 Å². The van der Waals surface area contributed by atoms with Gasteiger partial charge in [0, 0.05) is 25.7 Å². The van der Waals surface area contributed by atoms with Crippen LogP contribution in [-0.2, 0) is 4.74 Å². The number of carbonyl (C=O) groups excluding carboxylic acids is 1. The van der Waals surface area contributed by atoms with Crippen LogP contribution in [0.3, 0.4) is 0 Å². The van der Waals surface area contributed by atoms with Crippen molar-refractivity contribution >= 4 is 6.09 Å². The van der Waals surface area contributed by atoms with Gasteiger partial charge in [0.1, 0.15) is 11.4 Å². The maximum Gasteiger partial charge on any atom is 0.410 e. The molecule has 2 unspecified atom stereocenters. The second-order valence-electron chi connectivity index (χ2n) is 7.30. The van der Waals surface area contributed by atoms with Crippen LogP contribution in [0.4, 0.5) is 4.79 Å². The van der Waals surface area contributed by atoms with Gasteiger partial charge < -0.3 is 20.1 Å². The van der Waals surface area contributed by atoms with Gasteiger partial charge in [0.15, 0.2) is 0 Å². The van der Waals surface area contributed by atoms with Crippen LogP contribution in [-0.4, -0.2) is 41.3 Å². The number of hydrogen-bond donors (Lipinski definition) is 2. The highest BCUT2D eigenvalue weighted by Gasteiger charge is 2.29. The standard InChI is InChI=1S/C18H28N2O3/c1-13(15-5-7-16(21)8-6-15)19-11-14-9-10-20(12-14)17(22)23-18(2,3)4/h5-8,13-14,19,21H,9-12H2,1-4H3. The van der Waals surface area contributed by atoms with Crippen molar-refractivity contribution in [3.63, 3.8) is 0 Å². The van der Waals surface area contributed by atoms with Crippen LogP contribution in [0, 0.1) is 5.92 Å². The van der Waals surface area contributed by atoms with E-state index in [-0.39, 0.29) is 17.9 Å². The van der Waals surface area contributed by atoms with Gasteiger partial charge in [-0.15, -0.1) is 0 Å². The maximum atomic E-state index is 12.1. The number of nitrogens with zero attached hydrogens (tertiary/aromatic N) is 1. The van der Waals surface area contributed by atoms with Crippen molar-refractivity contribution in [3.8, 4) is 5.75 Å². The lowest BCUT2D eigenvalue weighted by atomic mass is 10.1. The Labute approximate surface area is 138 Å². The largest absolute Gasteiger partial charge is 0.508 e. The fourth-order valence-electron chi connectivity index (χ4n) is 2.72. The third-order valence-electron chi connectivity index (χ3n) is 4.04. The monoisotopic (exact) mass is 320 g/mol. The number of carbonyl (C=O) groups is 1. The molecule has 0 bridgehead atoms. The van der Waals surface area contributed by atoms with Gasteiger partial charge in [0.2, 0.25) is 0 Å². The number of ether oxygens (including phenoxy) is 1. The Hall–Kier alpha value is -1.75. The van der Waals surface area contributed by atoms with Crippen molar-refractivity contribution in [3.05, 3.63) is 29.8 Å². The Kier molecular flexibility index (Phi) is 5.52. The van der Waals surface area contributed by atoms with E-state index in [2.05, 4.69) is 12.2 Å². The summed E-state index contributed by atoms with van der Waals surface area (Å²) < 4.78 is 5.42. The summed E-state index contributed by atoms with van der Waals surface area (Å²) >= 11 is 0. The molecule has 0 radical (unpaired) electrons. The Morgan fingerprint density at radius 1 is 1.39 bits per heavy atom. The molecule has 1 aliphatic heterocycles. The SMILES string of the molecule is CC(NCC1CCN(C(=O)OC(C)(C)C)C1)c1ccc(O)cc1. The van der Waals surface area contributed by atoms with E-state index in [9.17, 15) is 9.90 Å². The molecular weight excluding hydrogens is 292 g/mol. The smallest absolute Gasteiger partial charge is 0.410 e. The number of benzene rings is 1. The van der Waals surface area contributed by atoms with Crippen LogP contribution in [0.5, 0.6) is 5.75 Å². The predicted molar refractivity (Wildman–Crippen MR) is 90.4 cm³/mol. The fourth-order valence-corrected chi connectivity index (χ4v) is 2.72. The van der Waals surface area contributed by atoms with E-state index in [1.54, 1.807) is 17.0 Å². The van der Waals surface area contributed by atoms with Crippen LogP contribution in [0.2, 0.25) is 0 Å². The summed E-state index contributed by atoms with van der Waals surface area (Å²) in [6, 6.07) is 7.47. The first-order valence-corrected chi connectivity index (χ1v) is 8.25. The van der Waals surface area contributed by atoms with Crippen LogP contribution >= 0.6 is 0 Å². The summed E-state index contributed by atoms with van der Waals surface area (Å²) in [5.41, 5.74) is 0.700. The first kappa shape index (κ1) is 17.6. The summed E-state index contributed by atoms with van der Waals surface area (Å²) in [5, 5.41) is 12.8. The number of hydrogen-bond acceptors (Lipinski definition) is 4. The Balaban J connectivity index is 1.77. The Morgan fingerprint density at radius 3 is 2.65 bits per heavy atom. The summed E-state index contributed by atoms with van der Waals surface area (Å²) in [7, 11) is 0. The van der Waals surface area contributed by atoms with Gasteiger partial charge in [-0.05, 0) is 57.7 Å². The number of amides is 1. The van der Waals surface area contributed by atoms with Gasteiger partial charge in [-0.25, -0.2) is 4.79 Å². The minimum Gasteiger partial charge on any atom is -0.508 e. The molecule has 5 nitrogen and oxygen atoms in total. The van der Waals surface area contributed by atoms with Crippen LogP contribution in [0.15, 0.2) is 24.3 Å². The summed E-state index contributed by atoms with van der Waals surface area (Å²) in [4.78, 5) is 13.9. The highest BCUT2D eigenvalue weighted by molar-refractivity contribution is 5.68. The van der Waals surface area contributed by atoms with Crippen molar-refractivity contribution in [2.75, 3.05) is 19.6 Å². The van der Waals surface area contributed by atoms with E-state index in [1.165, 1.54) is 0 Å². The molecule has 1 fully saturated rings. The Bertz CT molecular complexity index is 522. The number of nitrogens with one attached hydrogen (secondary N) is 1. The second-order valence-corrected chi connectivity index (χ2v) is 7.30. The maximum absolute atomic E-state index is 12.1. The molecule has 2 N–H and O–H groups in total. The molecule has 1 saturated heterocycles. The van der Waals surface area contributed by atoms with Crippen molar-refractivity contribution in [1.82, 2.24) is 10.2 Å². The normalized spacial score (nSPS) is 19.7. The molecule has 128 valence electrons. The number of rotatable bonds is 4. The minimum atomic E-state index is -0.444. The second kappa shape index (κ2) is 7.21. The van der Waals surface area contributed by atoms with Gasteiger partial charge in [0.05, 0.1) is 0 Å². The molecule has 1 amide bonds. The number of likely N-dealkylation sites (tertiary alicyclic amines) is 1. The molecule has 0 spiro atoms. The lowest BCUT2D eigenvalue weighted by Crippen LogP contribution is -2.36. The first-order valence-electron chi connectivity index (χ1n) is 8.25. The van der Waals surface area contributed by atoms with E-state index in [1.807, 2.05) is 32.9 Å². The van der Waals surface area contributed by atoms with Crippen molar-refractivity contribution < 1.29 is 14.6 Å². The molecule has 0 aromatic heterocycles. The zero-order valence-corrected chi connectivity index (χ0v) is 14.5.